The Bertz CT molecular complexity index is 356. The Labute approximate surface area is 100 Å². The van der Waals surface area contributed by atoms with Crippen LogP contribution >= 0.6 is 0 Å². The Morgan fingerprint density at radius 2 is 2.06 bits per heavy atom. The first kappa shape index (κ1) is 13.3. The molecule has 1 fully saturated rings. The van der Waals surface area contributed by atoms with Gasteiger partial charge < -0.3 is 19.4 Å². The molecular formula is C13H15O4-. The van der Waals surface area contributed by atoms with E-state index >= 15 is 0 Å². The zero-order chi connectivity index (χ0) is 12.7. The average molecular weight is 235 g/mol. The highest BCUT2D eigenvalue weighted by Crippen LogP contribution is 2.13. The third-order valence-corrected chi connectivity index (χ3v) is 1.93. The minimum absolute atomic E-state index is 0.0648. The van der Waals surface area contributed by atoms with Gasteiger partial charge >= 0.3 is 0 Å². The van der Waals surface area contributed by atoms with Gasteiger partial charge in [0.1, 0.15) is 18.5 Å². The number of epoxide rings is 1. The second-order valence-electron chi connectivity index (χ2n) is 3.65. The van der Waals surface area contributed by atoms with Crippen molar-refractivity contribution in [1.29, 1.82) is 0 Å². The van der Waals surface area contributed by atoms with Gasteiger partial charge in [-0.2, -0.15) is 0 Å². The van der Waals surface area contributed by atoms with Crippen LogP contribution in [0.5, 0.6) is 5.75 Å². The molecule has 1 aromatic carbocycles. The number of hydrogen-bond acceptors (Lipinski definition) is 4. The lowest BCUT2D eigenvalue weighted by Crippen LogP contribution is -2.22. The summed E-state index contributed by atoms with van der Waals surface area (Å²) in [5.41, 5.74) is 0.0648. The fraction of sp³-hybridized carbons (Fsp3) is 0.308. The zero-order valence-electron chi connectivity index (χ0n) is 9.72. The highest BCUT2D eigenvalue weighted by atomic mass is 16.6. The number of para-hydroxylation sites is 1. The highest BCUT2D eigenvalue weighted by molar-refractivity contribution is 5.82. The summed E-state index contributed by atoms with van der Waals surface area (Å²) in [4.78, 5) is 9.49. The molecule has 0 saturated carbocycles. The maximum absolute atomic E-state index is 9.49. The van der Waals surface area contributed by atoms with Crippen molar-refractivity contribution in [3.8, 4) is 5.75 Å². The molecule has 0 amide bonds. The van der Waals surface area contributed by atoms with Crippen LogP contribution < -0.4 is 9.84 Å². The van der Waals surface area contributed by atoms with Crippen LogP contribution in [0.25, 0.3) is 0 Å². The van der Waals surface area contributed by atoms with Crippen molar-refractivity contribution in [2.24, 2.45) is 0 Å². The molecule has 1 atom stereocenters. The molecule has 1 heterocycles. The maximum atomic E-state index is 9.49. The summed E-state index contributed by atoms with van der Waals surface area (Å²) in [5, 5.41) is 9.49. The molecular weight excluding hydrogens is 220 g/mol. The molecule has 4 heteroatoms. The van der Waals surface area contributed by atoms with Gasteiger partial charge in [-0.05, 0) is 24.6 Å². The second-order valence-corrected chi connectivity index (χ2v) is 3.65. The molecule has 1 aromatic rings. The molecule has 1 aliphatic heterocycles. The van der Waals surface area contributed by atoms with E-state index in [-0.39, 0.29) is 5.57 Å². The van der Waals surface area contributed by atoms with E-state index in [1.165, 1.54) is 6.92 Å². The van der Waals surface area contributed by atoms with Crippen LogP contribution in [0.3, 0.4) is 0 Å². The predicted molar refractivity (Wildman–Crippen MR) is 61.5 cm³/mol. The van der Waals surface area contributed by atoms with Crippen molar-refractivity contribution in [3.63, 3.8) is 0 Å². The van der Waals surface area contributed by atoms with Crippen molar-refractivity contribution in [1.82, 2.24) is 0 Å². The molecule has 17 heavy (non-hydrogen) atoms. The Morgan fingerprint density at radius 3 is 2.47 bits per heavy atom. The van der Waals surface area contributed by atoms with Gasteiger partial charge in [-0.3, -0.25) is 0 Å². The summed E-state index contributed by atoms with van der Waals surface area (Å²) < 4.78 is 10.4. The molecule has 0 spiro atoms. The number of rotatable bonds is 4. The molecule has 1 unspecified atom stereocenters. The minimum atomic E-state index is -1.19. The Morgan fingerprint density at radius 1 is 1.53 bits per heavy atom. The van der Waals surface area contributed by atoms with E-state index < -0.39 is 5.97 Å². The zero-order valence-corrected chi connectivity index (χ0v) is 9.72. The minimum Gasteiger partial charge on any atom is -0.545 e. The number of carboxylic acid groups (broad SMARTS) is 1. The first-order chi connectivity index (χ1) is 8.09. The molecule has 1 saturated heterocycles. The van der Waals surface area contributed by atoms with Crippen molar-refractivity contribution in [3.05, 3.63) is 42.5 Å². The van der Waals surface area contributed by atoms with Gasteiger partial charge in [-0.15, -0.1) is 0 Å². The van der Waals surface area contributed by atoms with E-state index in [1.54, 1.807) is 0 Å². The van der Waals surface area contributed by atoms with Crippen LogP contribution in [-0.2, 0) is 9.53 Å². The first-order valence-corrected chi connectivity index (χ1v) is 5.26. The number of carbonyl (C=O) groups is 1. The standard InChI is InChI=1S/C9H10O2.C4H6O2/c1-2-4-8(5-3-1)10-6-9-7-11-9;1-3(2)4(5)6/h1-5,9H,6-7H2;1H2,2H3,(H,5,6)/p-1. The van der Waals surface area contributed by atoms with E-state index in [4.69, 9.17) is 9.47 Å². The summed E-state index contributed by atoms with van der Waals surface area (Å²) in [6.45, 7) is 6.02. The lowest BCUT2D eigenvalue weighted by Gasteiger charge is -2.01. The fourth-order valence-electron chi connectivity index (χ4n) is 0.870. The highest BCUT2D eigenvalue weighted by Gasteiger charge is 2.22. The summed E-state index contributed by atoms with van der Waals surface area (Å²) in [7, 11) is 0. The molecule has 1 aliphatic rings. The Kier molecular flexibility index (Phi) is 5.23. The van der Waals surface area contributed by atoms with Crippen LogP contribution in [0.1, 0.15) is 6.92 Å². The van der Waals surface area contributed by atoms with Crippen molar-refractivity contribution in [2.75, 3.05) is 13.2 Å². The average Bonchev–Trinajstić information content (AvgIpc) is 3.12. The van der Waals surface area contributed by atoms with E-state index in [0.29, 0.717) is 12.7 Å². The van der Waals surface area contributed by atoms with Crippen LogP contribution in [0.15, 0.2) is 42.5 Å². The third kappa shape index (κ3) is 6.37. The number of carboxylic acids is 1. The fourth-order valence-corrected chi connectivity index (χ4v) is 0.870. The largest absolute Gasteiger partial charge is 0.545 e. The number of hydrogen-bond donors (Lipinski definition) is 0. The molecule has 4 nitrogen and oxygen atoms in total. The maximum Gasteiger partial charge on any atom is 0.119 e. The summed E-state index contributed by atoms with van der Waals surface area (Å²) in [6.07, 6.45) is 0.343. The second kappa shape index (κ2) is 6.70. The van der Waals surface area contributed by atoms with Crippen LogP contribution in [0, 0.1) is 0 Å². The summed E-state index contributed by atoms with van der Waals surface area (Å²) in [6, 6.07) is 9.79. The number of ether oxygens (including phenoxy) is 2. The third-order valence-electron chi connectivity index (χ3n) is 1.93. The number of carbonyl (C=O) groups excluding carboxylic acids is 1. The molecule has 0 N–H and O–H groups in total. The smallest absolute Gasteiger partial charge is 0.119 e. The van der Waals surface area contributed by atoms with Gasteiger partial charge in [-0.1, -0.05) is 24.8 Å². The molecule has 2 rings (SSSR count). The number of aliphatic carboxylic acids is 1. The lowest BCUT2D eigenvalue weighted by atomic mass is 10.3. The van der Waals surface area contributed by atoms with Crippen molar-refractivity contribution >= 4 is 5.97 Å². The van der Waals surface area contributed by atoms with E-state index in [1.807, 2.05) is 30.3 Å². The van der Waals surface area contributed by atoms with Gasteiger partial charge in [0.15, 0.2) is 0 Å². The monoisotopic (exact) mass is 235 g/mol. The van der Waals surface area contributed by atoms with Crippen molar-refractivity contribution in [2.45, 2.75) is 13.0 Å². The summed E-state index contributed by atoms with van der Waals surface area (Å²) >= 11 is 0. The van der Waals surface area contributed by atoms with Crippen LogP contribution in [0.2, 0.25) is 0 Å². The van der Waals surface area contributed by atoms with Gasteiger partial charge in [0, 0.05) is 0 Å². The van der Waals surface area contributed by atoms with E-state index in [0.717, 1.165) is 12.4 Å². The van der Waals surface area contributed by atoms with Gasteiger partial charge in [0.05, 0.1) is 12.6 Å². The predicted octanol–water partition coefficient (Wildman–Crippen LogP) is 0.777. The van der Waals surface area contributed by atoms with Crippen LogP contribution in [0.4, 0.5) is 0 Å². The SMILES string of the molecule is C=C(C)C(=O)[O-].c1ccc(OCC2CO2)cc1. The molecule has 0 radical (unpaired) electrons. The number of benzene rings is 1. The van der Waals surface area contributed by atoms with Gasteiger partial charge in [-0.25, -0.2) is 0 Å². The Hall–Kier alpha value is -1.81. The van der Waals surface area contributed by atoms with E-state index in [2.05, 4.69) is 6.58 Å². The molecule has 0 aromatic heterocycles. The summed E-state index contributed by atoms with van der Waals surface area (Å²) in [5.74, 6) is -0.266. The lowest BCUT2D eigenvalue weighted by molar-refractivity contribution is -0.299. The topological polar surface area (TPSA) is 61.9 Å². The van der Waals surface area contributed by atoms with Crippen LogP contribution in [-0.4, -0.2) is 25.3 Å². The van der Waals surface area contributed by atoms with Gasteiger partial charge in [0.25, 0.3) is 0 Å². The normalized spacial score (nSPS) is 16.4. The van der Waals surface area contributed by atoms with Gasteiger partial charge in [0.2, 0.25) is 0 Å². The van der Waals surface area contributed by atoms with E-state index in [9.17, 15) is 9.90 Å². The molecule has 0 aliphatic carbocycles. The molecule has 92 valence electrons. The quantitative estimate of drug-likeness (QED) is 0.571. The Balaban J connectivity index is 0.000000209. The van der Waals surface area contributed by atoms with Crippen molar-refractivity contribution < 1.29 is 19.4 Å². The first-order valence-electron chi connectivity index (χ1n) is 5.26. The molecule has 0 bridgehead atoms.